The molecule has 1 saturated carbocycles. The Balaban J connectivity index is 1.41. The molecule has 1 aliphatic carbocycles. The third-order valence-corrected chi connectivity index (χ3v) is 7.41. The molecule has 0 spiro atoms. The number of esters is 1. The summed E-state index contributed by atoms with van der Waals surface area (Å²) < 4.78 is 6.41. The smallest absolute Gasteiger partial charge is 0.310 e. The zero-order valence-electron chi connectivity index (χ0n) is 21.4. The summed E-state index contributed by atoms with van der Waals surface area (Å²) in [5.74, 6) is -0.547. The number of halogens is 1. The van der Waals surface area contributed by atoms with E-state index in [-0.39, 0.29) is 24.4 Å². The van der Waals surface area contributed by atoms with Crippen molar-refractivity contribution in [1.82, 2.24) is 20.3 Å². The van der Waals surface area contributed by atoms with Gasteiger partial charge in [0.25, 0.3) is 0 Å². The van der Waals surface area contributed by atoms with Crippen molar-refractivity contribution in [3.05, 3.63) is 59.0 Å². The largest absolute Gasteiger partial charge is 0.461 e. The van der Waals surface area contributed by atoms with E-state index in [4.69, 9.17) is 4.74 Å². The maximum atomic E-state index is 13.3. The number of rotatable bonds is 11. The first-order valence-electron chi connectivity index (χ1n) is 12.9. The number of pyridine rings is 1. The van der Waals surface area contributed by atoms with Crippen LogP contribution in [-0.2, 0) is 20.9 Å². The fourth-order valence-electron chi connectivity index (χ4n) is 4.86. The number of benzene rings is 1. The molecule has 0 saturated heterocycles. The summed E-state index contributed by atoms with van der Waals surface area (Å²) in [5, 5.41) is 6.67. The van der Waals surface area contributed by atoms with Gasteiger partial charge in [-0.25, -0.2) is 15.0 Å². The Kier molecular flexibility index (Phi) is 9.08. The predicted octanol–water partition coefficient (Wildman–Crippen LogP) is 5.42. The van der Waals surface area contributed by atoms with Gasteiger partial charge in [0, 0.05) is 17.2 Å². The van der Waals surface area contributed by atoms with Gasteiger partial charge >= 0.3 is 5.97 Å². The molecule has 9 heteroatoms. The van der Waals surface area contributed by atoms with E-state index in [0.29, 0.717) is 30.7 Å². The molecular weight excluding hydrogens is 534 g/mol. The number of fused-ring (bicyclic) bond motifs is 1. The van der Waals surface area contributed by atoms with E-state index < -0.39 is 11.5 Å². The van der Waals surface area contributed by atoms with Crippen molar-refractivity contribution in [2.45, 2.75) is 64.5 Å². The highest BCUT2D eigenvalue weighted by Crippen LogP contribution is 2.33. The Bertz CT molecular complexity index is 1220. The fourth-order valence-corrected chi connectivity index (χ4v) is 5.18. The van der Waals surface area contributed by atoms with Crippen molar-refractivity contribution in [1.29, 1.82) is 0 Å². The van der Waals surface area contributed by atoms with Crippen LogP contribution in [0.1, 0.15) is 57.9 Å². The molecule has 2 heterocycles. The van der Waals surface area contributed by atoms with Crippen molar-refractivity contribution in [3.8, 4) is 0 Å². The third-order valence-electron chi connectivity index (χ3n) is 6.98. The van der Waals surface area contributed by atoms with Gasteiger partial charge in [-0.05, 0) is 53.7 Å². The summed E-state index contributed by atoms with van der Waals surface area (Å²) in [4.78, 5) is 39.4. The lowest BCUT2D eigenvalue weighted by Gasteiger charge is -2.32. The topological polar surface area (TPSA) is 106 Å². The van der Waals surface area contributed by atoms with Gasteiger partial charge in [-0.2, -0.15) is 0 Å². The number of unbranched alkanes of at least 4 members (excludes halogenated alkanes) is 1. The van der Waals surface area contributed by atoms with E-state index in [1.165, 1.54) is 6.33 Å². The standard InChI is InChI=1S/C28H34BrN5O3/c1-3-4-13-28(2,34-25-24-23(32-18-33-25)14-20(29)15-30-24)17-31-26(35)21-11-8-12-22(21)27(36)37-16-19-9-6-5-7-10-19/h5-7,9-10,14-15,18,21-22H,3-4,8,11-13,16-17H2,1-2H3,(H,31,35)(H,32,33,34)/t21-,22?,28-/m1/s1. The van der Waals surface area contributed by atoms with Gasteiger partial charge in [-0.3, -0.25) is 9.59 Å². The molecule has 1 aliphatic rings. The minimum Gasteiger partial charge on any atom is -0.461 e. The zero-order valence-corrected chi connectivity index (χ0v) is 23.0. The molecule has 196 valence electrons. The number of aromatic nitrogens is 3. The molecule has 1 unspecified atom stereocenters. The lowest BCUT2D eigenvalue weighted by molar-refractivity contribution is -0.153. The molecule has 2 N–H and O–H groups in total. The molecule has 1 amide bonds. The number of hydrogen-bond acceptors (Lipinski definition) is 7. The number of nitrogens with one attached hydrogen (secondary N) is 2. The Morgan fingerprint density at radius 3 is 2.70 bits per heavy atom. The number of hydrogen-bond donors (Lipinski definition) is 2. The molecule has 4 rings (SSSR count). The van der Waals surface area contributed by atoms with Crippen LogP contribution >= 0.6 is 15.9 Å². The van der Waals surface area contributed by atoms with Crippen molar-refractivity contribution in [2.75, 3.05) is 11.9 Å². The summed E-state index contributed by atoms with van der Waals surface area (Å²) in [6.45, 7) is 4.84. The number of anilines is 1. The summed E-state index contributed by atoms with van der Waals surface area (Å²) in [6.07, 6.45) is 8.28. The minimum atomic E-state index is -0.455. The van der Waals surface area contributed by atoms with Gasteiger partial charge in [0.2, 0.25) is 5.91 Å². The van der Waals surface area contributed by atoms with Crippen LogP contribution in [0.3, 0.4) is 0 Å². The average molecular weight is 569 g/mol. The molecule has 3 atom stereocenters. The number of nitrogens with zero attached hydrogens (tertiary/aromatic N) is 3. The monoisotopic (exact) mass is 567 g/mol. The van der Waals surface area contributed by atoms with E-state index in [2.05, 4.69) is 55.4 Å². The van der Waals surface area contributed by atoms with Crippen LogP contribution < -0.4 is 10.6 Å². The normalized spacial score (nSPS) is 18.8. The molecular formula is C28H34BrN5O3. The van der Waals surface area contributed by atoms with Gasteiger partial charge < -0.3 is 15.4 Å². The van der Waals surface area contributed by atoms with Gasteiger partial charge in [0.05, 0.1) is 22.9 Å². The van der Waals surface area contributed by atoms with Crippen LogP contribution in [0.2, 0.25) is 0 Å². The summed E-state index contributed by atoms with van der Waals surface area (Å²) in [6, 6.07) is 11.5. The van der Waals surface area contributed by atoms with E-state index in [9.17, 15) is 9.59 Å². The van der Waals surface area contributed by atoms with Crippen LogP contribution in [0.15, 0.2) is 53.4 Å². The molecule has 2 aromatic heterocycles. The van der Waals surface area contributed by atoms with Crippen molar-refractivity contribution in [2.24, 2.45) is 11.8 Å². The Hall–Kier alpha value is -3.07. The van der Waals surface area contributed by atoms with Gasteiger partial charge in [-0.1, -0.05) is 56.5 Å². The van der Waals surface area contributed by atoms with E-state index in [1.54, 1.807) is 6.20 Å². The molecule has 1 aromatic carbocycles. The first kappa shape index (κ1) is 27.0. The van der Waals surface area contributed by atoms with Crippen molar-refractivity contribution >= 4 is 44.7 Å². The summed E-state index contributed by atoms with van der Waals surface area (Å²) >= 11 is 3.44. The minimum absolute atomic E-state index is 0.0988. The second-order valence-electron chi connectivity index (χ2n) is 9.99. The zero-order chi connectivity index (χ0) is 26.3. The molecule has 8 nitrogen and oxygen atoms in total. The maximum absolute atomic E-state index is 13.3. The third kappa shape index (κ3) is 7.03. The Morgan fingerprint density at radius 2 is 1.92 bits per heavy atom. The predicted molar refractivity (Wildman–Crippen MR) is 147 cm³/mol. The van der Waals surface area contributed by atoms with Gasteiger partial charge in [-0.15, -0.1) is 0 Å². The Labute approximate surface area is 226 Å². The lowest BCUT2D eigenvalue weighted by atomic mass is 9.92. The Morgan fingerprint density at radius 1 is 1.14 bits per heavy atom. The number of ether oxygens (including phenoxy) is 1. The van der Waals surface area contributed by atoms with Crippen LogP contribution in [0.4, 0.5) is 5.82 Å². The number of amides is 1. The van der Waals surface area contributed by atoms with Crippen molar-refractivity contribution < 1.29 is 14.3 Å². The number of carbonyl (C=O) groups is 2. The molecule has 37 heavy (non-hydrogen) atoms. The van der Waals surface area contributed by atoms with Crippen LogP contribution in [0.5, 0.6) is 0 Å². The highest BCUT2D eigenvalue weighted by atomic mass is 79.9. The van der Waals surface area contributed by atoms with Gasteiger partial charge in [0.1, 0.15) is 18.5 Å². The SMILES string of the molecule is CCCC[C@](C)(CNC(=O)[C@@H]1CCCC1C(=O)OCc1ccccc1)Nc1ncnc2cc(Br)cnc12. The van der Waals surface area contributed by atoms with E-state index in [0.717, 1.165) is 41.2 Å². The molecule has 0 bridgehead atoms. The van der Waals surface area contributed by atoms with Crippen LogP contribution in [0, 0.1) is 11.8 Å². The van der Waals surface area contributed by atoms with Gasteiger partial charge in [0.15, 0.2) is 5.82 Å². The van der Waals surface area contributed by atoms with Crippen molar-refractivity contribution in [3.63, 3.8) is 0 Å². The number of carbonyl (C=O) groups excluding carboxylic acids is 2. The molecule has 3 aromatic rings. The van der Waals surface area contributed by atoms with E-state index in [1.807, 2.05) is 36.4 Å². The lowest BCUT2D eigenvalue weighted by Crippen LogP contribution is -2.48. The van der Waals surface area contributed by atoms with Crippen LogP contribution in [-0.4, -0.2) is 38.9 Å². The molecule has 1 fully saturated rings. The first-order chi connectivity index (χ1) is 17.9. The first-order valence-corrected chi connectivity index (χ1v) is 13.7. The molecule has 0 aliphatic heterocycles. The second-order valence-corrected chi connectivity index (χ2v) is 10.9. The summed E-state index contributed by atoms with van der Waals surface area (Å²) in [5.41, 5.74) is 1.89. The van der Waals surface area contributed by atoms with Crippen LogP contribution in [0.25, 0.3) is 11.0 Å². The molecule has 0 radical (unpaired) electrons. The van der Waals surface area contributed by atoms with E-state index >= 15 is 0 Å². The average Bonchev–Trinajstić information content (AvgIpc) is 3.40. The highest BCUT2D eigenvalue weighted by molar-refractivity contribution is 9.10. The quantitative estimate of drug-likeness (QED) is 0.298. The highest BCUT2D eigenvalue weighted by Gasteiger charge is 2.39. The second kappa shape index (κ2) is 12.4. The summed E-state index contributed by atoms with van der Waals surface area (Å²) in [7, 11) is 0. The fraction of sp³-hybridized carbons (Fsp3) is 0.464. The maximum Gasteiger partial charge on any atom is 0.310 e.